The number of carbonyl (C=O) groups excluding carboxylic acids is 1. The number of morpholine rings is 1. The van der Waals surface area contributed by atoms with E-state index in [0.717, 1.165) is 16.5 Å². The SMILES string of the molecule is CC1CN(c2ccc(CNC(=O)/C=C/c3cn(CCC#N)c4ccccc34)cc2F)CC(C)O1. The van der Waals surface area contributed by atoms with Gasteiger partial charge in [0.2, 0.25) is 5.91 Å². The highest BCUT2D eigenvalue weighted by molar-refractivity contribution is 5.96. The maximum atomic E-state index is 14.8. The van der Waals surface area contributed by atoms with E-state index in [1.54, 1.807) is 12.1 Å². The fourth-order valence-electron chi connectivity index (χ4n) is 4.47. The lowest BCUT2D eigenvalue weighted by molar-refractivity contribution is -0.116. The standard InChI is InChI=1S/C27H29FN4O2/c1-19-16-32(17-20(2)34-19)26-10-8-21(14-24(26)28)15-30-27(33)11-9-22-18-31(13-5-12-29)25-7-4-3-6-23(22)25/h3-4,6-11,14,18-20H,5,13,15-17H2,1-2H3,(H,30,33)/b11-9+. The van der Waals surface area contributed by atoms with E-state index in [-0.39, 0.29) is 30.5 Å². The molecule has 1 aliphatic rings. The Morgan fingerprint density at radius 2 is 2.00 bits per heavy atom. The van der Waals surface area contributed by atoms with Crippen LogP contribution in [0.2, 0.25) is 0 Å². The van der Waals surface area contributed by atoms with Gasteiger partial charge < -0.3 is 19.5 Å². The molecule has 4 rings (SSSR count). The molecule has 0 saturated carbocycles. The third-order valence-electron chi connectivity index (χ3n) is 5.94. The molecule has 1 N–H and O–H groups in total. The van der Waals surface area contributed by atoms with Crippen LogP contribution in [0.3, 0.4) is 0 Å². The average molecular weight is 461 g/mol. The second kappa shape index (κ2) is 10.5. The molecule has 2 atom stereocenters. The fourth-order valence-corrected chi connectivity index (χ4v) is 4.47. The number of hydrogen-bond acceptors (Lipinski definition) is 4. The number of nitriles is 1. The summed E-state index contributed by atoms with van der Waals surface area (Å²) in [6.45, 7) is 6.11. The number of nitrogens with zero attached hydrogens (tertiary/aromatic N) is 3. The number of para-hydroxylation sites is 1. The second-order valence-electron chi connectivity index (χ2n) is 8.70. The number of benzene rings is 2. The minimum Gasteiger partial charge on any atom is -0.372 e. The largest absolute Gasteiger partial charge is 0.372 e. The third-order valence-corrected chi connectivity index (χ3v) is 5.94. The predicted octanol–water partition coefficient (Wildman–Crippen LogP) is 4.64. The summed E-state index contributed by atoms with van der Waals surface area (Å²) in [4.78, 5) is 14.4. The van der Waals surface area contributed by atoms with Crippen LogP contribution in [0.4, 0.5) is 10.1 Å². The van der Waals surface area contributed by atoms with Gasteiger partial charge in [0.05, 0.1) is 30.4 Å². The summed E-state index contributed by atoms with van der Waals surface area (Å²) < 4.78 is 22.5. The maximum absolute atomic E-state index is 14.8. The Hall–Kier alpha value is -3.63. The van der Waals surface area contributed by atoms with E-state index >= 15 is 0 Å². The normalized spacial score (nSPS) is 18.4. The van der Waals surface area contributed by atoms with Crippen LogP contribution in [-0.4, -0.2) is 35.8 Å². The summed E-state index contributed by atoms with van der Waals surface area (Å²) in [7, 11) is 0. The van der Waals surface area contributed by atoms with Crippen molar-refractivity contribution >= 4 is 28.6 Å². The first kappa shape index (κ1) is 23.5. The Morgan fingerprint density at radius 3 is 2.74 bits per heavy atom. The van der Waals surface area contributed by atoms with Crippen molar-refractivity contribution in [3.8, 4) is 6.07 Å². The minimum absolute atomic E-state index is 0.0503. The van der Waals surface area contributed by atoms with E-state index < -0.39 is 0 Å². The van der Waals surface area contributed by atoms with Gasteiger partial charge in [-0.2, -0.15) is 5.26 Å². The molecule has 0 radical (unpaired) electrons. The number of rotatable bonds is 7. The van der Waals surface area contributed by atoms with Crippen LogP contribution in [0, 0.1) is 17.1 Å². The summed E-state index contributed by atoms with van der Waals surface area (Å²) in [6, 6.07) is 15.2. The molecular weight excluding hydrogens is 431 g/mol. The molecule has 1 aromatic heterocycles. The summed E-state index contributed by atoms with van der Waals surface area (Å²) in [5, 5.41) is 12.7. The van der Waals surface area contributed by atoms with Crippen molar-refractivity contribution < 1.29 is 13.9 Å². The zero-order valence-electron chi connectivity index (χ0n) is 19.5. The first-order valence-corrected chi connectivity index (χ1v) is 11.5. The van der Waals surface area contributed by atoms with Crippen LogP contribution in [0.1, 0.15) is 31.4 Å². The number of aromatic nitrogens is 1. The highest BCUT2D eigenvalue weighted by Gasteiger charge is 2.24. The molecule has 176 valence electrons. The van der Waals surface area contributed by atoms with E-state index in [1.807, 2.05) is 59.8 Å². The van der Waals surface area contributed by atoms with Crippen molar-refractivity contribution in [1.82, 2.24) is 9.88 Å². The van der Waals surface area contributed by atoms with Gasteiger partial charge in [-0.15, -0.1) is 0 Å². The molecule has 1 saturated heterocycles. The minimum atomic E-state index is -0.297. The highest BCUT2D eigenvalue weighted by Crippen LogP contribution is 2.25. The Balaban J connectivity index is 1.39. The first-order valence-electron chi connectivity index (χ1n) is 11.5. The number of amides is 1. The Morgan fingerprint density at radius 1 is 1.24 bits per heavy atom. The molecule has 1 aliphatic heterocycles. The monoisotopic (exact) mass is 460 g/mol. The molecule has 2 unspecified atom stereocenters. The number of carbonyl (C=O) groups is 1. The van der Waals surface area contributed by atoms with Gasteiger partial charge >= 0.3 is 0 Å². The van der Waals surface area contributed by atoms with E-state index in [0.29, 0.717) is 37.3 Å². The number of hydrogen-bond donors (Lipinski definition) is 1. The van der Waals surface area contributed by atoms with Crippen LogP contribution >= 0.6 is 0 Å². The predicted molar refractivity (Wildman–Crippen MR) is 132 cm³/mol. The van der Waals surface area contributed by atoms with Crippen molar-refractivity contribution in [2.45, 2.75) is 45.6 Å². The highest BCUT2D eigenvalue weighted by atomic mass is 19.1. The van der Waals surface area contributed by atoms with E-state index in [4.69, 9.17) is 10.00 Å². The number of anilines is 1. The fraction of sp³-hybridized carbons (Fsp3) is 0.333. The number of halogens is 1. The summed E-state index contributed by atoms with van der Waals surface area (Å²) in [6.07, 6.45) is 5.72. The van der Waals surface area contributed by atoms with Gasteiger partial charge in [-0.25, -0.2) is 4.39 Å². The van der Waals surface area contributed by atoms with Gasteiger partial charge in [-0.3, -0.25) is 4.79 Å². The molecule has 2 heterocycles. The van der Waals surface area contributed by atoms with Gasteiger partial charge in [-0.1, -0.05) is 24.3 Å². The van der Waals surface area contributed by atoms with Gasteiger partial charge in [0.1, 0.15) is 5.82 Å². The lowest BCUT2D eigenvalue weighted by atomic mass is 10.1. The molecule has 0 spiro atoms. The number of ether oxygens (including phenoxy) is 1. The van der Waals surface area contributed by atoms with Crippen LogP contribution in [-0.2, 0) is 22.6 Å². The van der Waals surface area contributed by atoms with E-state index in [1.165, 1.54) is 12.1 Å². The van der Waals surface area contributed by atoms with Gasteiger partial charge in [0.25, 0.3) is 0 Å². The Labute approximate surface area is 199 Å². The molecule has 0 bridgehead atoms. The second-order valence-corrected chi connectivity index (χ2v) is 8.70. The summed E-state index contributed by atoms with van der Waals surface area (Å²) in [5.74, 6) is -0.553. The topological polar surface area (TPSA) is 70.3 Å². The number of nitrogens with one attached hydrogen (secondary N) is 1. The maximum Gasteiger partial charge on any atom is 0.244 e. The van der Waals surface area contributed by atoms with Gasteiger partial charge in [-0.05, 0) is 43.7 Å². The van der Waals surface area contributed by atoms with Crippen LogP contribution < -0.4 is 10.2 Å². The molecule has 1 amide bonds. The number of fused-ring (bicyclic) bond motifs is 1. The Kier molecular flexibility index (Phi) is 7.29. The Bertz CT molecular complexity index is 1230. The molecule has 3 aromatic rings. The number of aryl methyl sites for hydroxylation is 1. The van der Waals surface area contributed by atoms with Crippen molar-refractivity contribution in [2.75, 3.05) is 18.0 Å². The zero-order valence-corrected chi connectivity index (χ0v) is 19.5. The molecular formula is C27H29FN4O2. The van der Waals surface area contributed by atoms with Gasteiger partial charge in [0, 0.05) is 54.9 Å². The molecule has 2 aromatic carbocycles. The molecule has 7 heteroatoms. The smallest absolute Gasteiger partial charge is 0.244 e. The first-order chi connectivity index (χ1) is 16.4. The van der Waals surface area contributed by atoms with Crippen molar-refractivity contribution in [3.05, 3.63) is 71.7 Å². The quantitative estimate of drug-likeness (QED) is 0.522. The lowest BCUT2D eigenvalue weighted by Crippen LogP contribution is -2.45. The van der Waals surface area contributed by atoms with Crippen molar-refractivity contribution in [2.24, 2.45) is 0 Å². The van der Waals surface area contributed by atoms with Crippen molar-refractivity contribution in [1.29, 1.82) is 5.26 Å². The zero-order chi connectivity index (χ0) is 24.1. The molecule has 0 aliphatic carbocycles. The van der Waals surface area contributed by atoms with Crippen LogP contribution in [0.15, 0.2) is 54.7 Å². The van der Waals surface area contributed by atoms with Crippen LogP contribution in [0.5, 0.6) is 0 Å². The third kappa shape index (κ3) is 5.46. The van der Waals surface area contributed by atoms with E-state index in [2.05, 4.69) is 11.4 Å². The average Bonchev–Trinajstić information content (AvgIpc) is 3.17. The van der Waals surface area contributed by atoms with Crippen LogP contribution in [0.25, 0.3) is 17.0 Å². The van der Waals surface area contributed by atoms with E-state index in [9.17, 15) is 9.18 Å². The summed E-state index contributed by atoms with van der Waals surface area (Å²) in [5.41, 5.74) is 3.20. The summed E-state index contributed by atoms with van der Waals surface area (Å²) >= 11 is 0. The molecule has 6 nitrogen and oxygen atoms in total. The molecule has 34 heavy (non-hydrogen) atoms. The van der Waals surface area contributed by atoms with Crippen molar-refractivity contribution in [3.63, 3.8) is 0 Å². The van der Waals surface area contributed by atoms with Gasteiger partial charge in [0.15, 0.2) is 0 Å². The lowest BCUT2D eigenvalue weighted by Gasteiger charge is -2.37. The molecule has 1 fully saturated rings.